The van der Waals surface area contributed by atoms with Crippen LogP contribution in [0.25, 0.3) is 0 Å². The van der Waals surface area contributed by atoms with Crippen LogP contribution in [-0.2, 0) is 0 Å². The van der Waals surface area contributed by atoms with Crippen LogP contribution < -0.4 is 21.5 Å². The molecular formula is C13H15N3O. The first-order chi connectivity index (χ1) is 8.24. The van der Waals surface area contributed by atoms with Gasteiger partial charge < -0.3 is 21.5 Å². The maximum atomic E-state index is 5.59. The Balaban J connectivity index is 1.83. The molecule has 0 saturated carbocycles. The first-order valence-electron chi connectivity index (χ1n) is 5.32. The van der Waals surface area contributed by atoms with E-state index in [-0.39, 0.29) is 0 Å². The van der Waals surface area contributed by atoms with Crippen LogP contribution in [0.2, 0.25) is 0 Å². The number of rotatable bonds is 4. The first kappa shape index (κ1) is 11.1. The van der Waals surface area contributed by atoms with E-state index in [1.807, 2.05) is 36.4 Å². The molecule has 0 aromatic heterocycles. The van der Waals surface area contributed by atoms with E-state index in [0.717, 1.165) is 22.8 Å². The minimum absolute atomic E-state index is 0.397. The Morgan fingerprint density at radius 3 is 1.94 bits per heavy atom. The quantitative estimate of drug-likeness (QED) is 0.555. The van der Waals surface area contributed by atoms with E-state index in [4.69, 9.17) is 16.2 Å². The van der Waals surface area contributed by atoms with Gasteiger partial charge in [0.2, 0.25) is 0 Å². The van der Waals surface area contributed by atoms with Gasteiger partial charge in [-0.3, -0.25) is 0 Å². The fourth-order valence-corrected chi connectivity index (χ4v) is 1.37. The van der Waals surface area contributed by atoms with Gasteiger partial charge in [0.1, 0.15) is 5.75 Å². The minimum Gasteiger partial charge on any atom is -0.473 e. The first-order valence-corrected chi connectivity index (χ1v) is 5.32. The predicted octanol–water partition coefficient (Wildman–Crippen LogP) is 2.30. The number of nitrogens with one attached hydrogen (secondary N) is 1. The number of nitrogen functional groups attached to an aromatic ring is 2. The second kappa shape index (κ2) is 5.12. The van der Waals surface area contributed by atoms with Crippen molar-refractivity contribution in [2.24, 2.45) is 0 Å². The van der Waals surface area contributed by atoms with E-state index in [1.54, 1.807) is 12.1 Å². The summed E-state index contributed by atoms with van der Waals surface area (Å²) in [6.07, 6.45) is 0. The zero-order valence-corrected chi connectivity index (χ0v) is 9.39. The largest absolute Gasteiger partial charge is 0.473 e. The summed E-state index contributed by atoms with van der Waals surface area (Å²) < 4.78 is 5.50. The normalized spacial score (nSPS) is 9.88. The highest BCUT2D eigenvalue weighted by Crippen LogP contribution is 2.14. The third-order valence-corrected chi connectivity index (χ3v) is 2.31. The highest BCUT2D eigenvalue weighted by Gasteiger charge is 1.94. The Labute approximate surface area is 100 Å². The average Bonchev–Trinajstić information content (AvgIpc) is 2.34. The van der Waals surface area contributed by atoms with Crippen molar-refractivity contribution in [2.45, 2.75) is 0 Å². The third-order valence-electron chi connectivity index (χ3n) is 2.31. The zero-order chi connectivity index (χ0) is 12.1. The molecule has 17 heavy (non-hydrogen) atoms. The van der Waals surface area contributed by atoms with E-state index >= 15 is 0 Å². The summed E-state index contributed by atoms with van der Waals surface area (Å²) >= 11 is 0. The number of anilines is 3. The summed E-state index contributed by atoms with van der Waals surface area (Å²) in [7, 11) is 0. The van der Waals surface area contributed by atoms with Gasteiger partial charge in [-0.05, 0) is 48.5 Å². The van der Waals surface area contributed by atoms with Crippen molar-refractivity contribution in [3.8, 4) is 5.75 Å². The van der Waals surface area contributed by atoms with Gasteiger partial charge in [0.25, 0.3) is 0 Å². The molecule has 2 aromatic rings. The van der Waals surface area contributed by atoms with Crippen LogP contribution in [0.3, 0.4) is 0 Å². The Hall–Kier alpha value is -2.36. The molecule has 5 N–H and O–H groups in total. The Kier molecular flexibility index (Phi) is 3.35. The number of ether oxygens (including phenoxy) is 1. The monoisotopic (exact) mass is 229 g/mol. The molecule has 0 amide bonds. The molecule has 0 spiro atoms. The second-order valence-corrected chi connectivity index (χ2v) is 3.66. The Morgan fingerprint density at radius 1 is 0.824 bits per heavy atom. The van der Waals surface area contributed by atoms with E-state index in [2.05, 4.69) is 5.32 Å². The molecule has 0 heterocycles. The van der Waals surface area contributed by atoms with Crippen LogP contribution in [0.15, 0.2) is 48.5 Å². The molecule has 0 atom stereocenters. The van der Waals surface area contributed by atoms with E-state index in [1.165, 1.54) is 0 Å². The third kappa shape index (κ3) is 3.31. The molecule has 0 aliphatic heterocycles. The van der Waals surface area contributed by atoms with Gasteiger partial charge in [-0.1, -0.05) is 0 Å². The van der Waals surface area contributed by atoms with Gasteiger partial charge in [-0.15, -0.1) is 0 Å². The number of nitrogens with two attached hydrogens (primary N) is 2. The molecule has 0 fully saturated rings. The number of hydrogen-bond donors (Lipinski definition) is 3. The summed E-state index contributed by atoms with van der Waals surface area (Å²) in [6, 6.07) is 14.8. The van der Waals surface area contributed by atoms with E-state index in [9.17, 15) is 0 Å². The minimum atomic E-state index is 0.397. The summed E-state index contributed by atoms with van der Waals surface area (Å²) in [4.78, 5) is 0. The molecule has 0 saturated heterocycles. The molecule has 4 nitrogen and oxygen atoms in total. The number of hydrogen-bond acceptors (Lipinski definition) is 4. The standard InChI is InChI=1S/C13H15N3O/c14-10-1-5-12(6-2-10)16-9-17-13-7-3-11(15)4-8-13/h1-8,16H,9,14-15H2. The molecule has 0 aliphatic rings. The van der Waals surface area contributed by atoms with Crippen molar-refractivity contribution in [2.75, 3.05) is 23.5 Å². The van der Waals surface area contributed by atoms with Crippen LogP contribution in [0.4, 0.5) is 17.1 Å². The van der Waals surface area contributed by atoms with Gasteiger partial charge in [0.15, 0.2) is 6.73 Å². The van der Waals surface area contributed by atoms with E-state index < -0.39 is 0 Å². The molecule has 0 aliphatic carbocycles. The predicted molar refractivity (Wildman–Crippen MR) is 70.8 cm³/mol. The fraction of sp³-hybridized carbons (Fsp3) is 0.0769. The summed E-state index contributed by atoms with van der Waals surface area (Å²) in [6.45, 7) is 0.397. The lowest BCUT2D eigenvalue weighted by atomic mass is 10.3. The fourth-order valence-electron chi connectivity index (χ4n) is 1.37. The SMILES string of the molecule is Nc1ccc(NCOc2ccc(N)cc2)cc1. The van der Waals surface area contributed by atoms with Crippen molar-refractivity contribution >= 4 is 17.1 Å². The van der Waals surface area contributed by atoms with Crippen molar-refractivity contribution in [3.05, 3.63) is 48.5 Å². The van der Waals surface area contributed by atoms with Gasteiger partial charge in [-0.2, -0.15) is 0 Å². The van der Waals surface area contributed by atoms with Crippen molar-refractivity contribution in [1.29, 1.82) is 0 Å². The smallest absolute Gasteiger partial charge is 0.159 e. The topological polar surface area (TPSA) is 73.3 Å². The lowest BCUT2D eigenvalue weighted by molar-refractivity contribution is 0.347. The number of benzene rings is 2. The van der Waals surface area contributed by atoms with Crippen LogP contribution in [0.1, 0.15) is 0 Å². The molecule has 0 unspecified atom stereocenters. The Morgan fingerprint density at radius 2 is 1.35 bits per heavy atom. The van der Waals surface area contributed by atoms with E-state index in [0.29, 0.717) is 6.73 Å². The maximum Gasteiger partial charge on any atom is 0.159 e. The summed E-state index contributed by atoms with van der Waals surface area (Å²) in [5.41, 5.74) is 13.6. The molecule has 88 valence electrons. The molecule has 0 bridgehead atoms. The summed E-state index contributed by atoms with van der Waals surface area (Å²) in [5, 5.41) is 3.13. The van der Waals surface area contributed by atoms with Crippen molar-refractivity contribution in [1.82, 2.24) is 0 Å². The van der Waals surface area contributed by atoms with Crippen LogP contribution in [0.5, 0.6) is 5.75 Å². The average molecular weight is 229 g/mol. The maximum absolute atomic E-state index is 5.59. The molecule has 4 heteroatoms. The lowest BCUT2D eigenvalue weighted by Crippen LogP contribution is -2.08. The van der Waals surface area contributed by atoms with Crippen LogP contribution in [0, 0.1) is 0 Å². The highest BCUT2D eigenvalue weighted by molar-refractivity contribution is 5.51. The second-order valence-electron chi connectivity index (χ2n) is 3.66. The molecule has 2 aromatic carbocycles. The van der Waals surface area contributed by atoms with Crippen LogP contribution in [-0.4, -0.2) is 6.73 Å². The lowest BCUT2D eigenvalue weighted by Gasteiger charge is -2.09. The van der Waals surface area contributed by atoms with Gasteiger partial charge in [0, 0.05) is 17.1 Å². The van der Waals surface area contributed by atoms with Gasteiger partial charge in [-0.25, -0.2) is 0 Å². The molecule has 0 radical (unpaired) electrons. The van der Waals surface area contributed by atoms with Crippen molar-refractivity contribution < 1.29 is 4.74 Å². The van der Waals surface area contributed by atoms with Crippen molar-refractivity contribution in [3.63, 3.8) is 0 Å². The highest BCUT2D eigenvalue weighted by atomic mass is 16.5. The van der Waals surface area contributed by atoms with Crippen LogP contribution >= 0.6 is 0 Å². The zero-order valence-electron chi connectivity index (χ0n) is 9.39. The van der Waals surface area contributed by atoms with Gasteiger partial charge >= 0.3 is 0 Å². The summed E-state index contributed by atoms with van der Waals surface area (Å²) in [5.74, 6) is 0.780. The van der Waals surface area contributed by atoms with Gasteiger partial charge in [0.05, 0.1) is 0 Å². The Bertz CT molecular complexity index is 420. The molecule has 2 rings (SSSR count). The molecular weight excluding hydrogens is 214 g/mol.